The zero-order valence-electron chi connectivity index (χ0n) is 10.6. The normalized spacial score (nSPS) is 16.6. The number of carboxylic acid groups (broad SMARTS) is 1. The minimum Gasteiger partial charge on any atom is -0.493 e. The molecular weight excluding hydrogens is 314 g/mol. The summed E-state index contributed by atoms with van der Waals surface area (Å²) in [5.74, 6) is 0.0303. The van der Waals surface area contributed by atoms with Gasteiger partial charge in [0.2, 0.25) is 0 Å². The second kappa shape index (κ2) is 5.79. The van der Waals surface area contributed by atoms with Crippen molar-refractivity contribution in [2.45, 2.75) is 31.4 Å². The van der Waals surface area contributed by atoms with Gasteiger partial charge in [0.05, 0.1) is 13.2 Å². The van der Waals surface area contributed by atoms with Crippen LogP contribution in [0, 0.1) is 0 Å². The lowest BCUT2D eigenvalue weighted by Crippen LogP contribution is -2.25. The number of aliphatic carboxylic acids is 1. The minimum atomic E-state index is -1.09. The Morgan fingerprint density at radius 1 is 1.47 bits per heavy atom. The van der Waals surface area contributed by atoms with Crippen molar-refractivity contribution in [1.29, 1.82) is 0 Å². The van der Waals surface area contributed by atoms with E-state index in [-0.39, 0.29) is 6.10 Å². The first-order chi connectivity index (χ1) is 9.02. The highest BCUT2D eigenvalue weighted by molar-refractivity contribution is 9.10. The summed E-state index contributed by atoms with van der Waals surface area (Å²) >= 11 is 3.31. The molecule has 5 nitrogen and oxygen atoms in total. The number of methoxy groups -OCH3 is 1. The molecule has 1 aliphatic rings. The number of carboxylic acids is 1. The quantitative estimate of drug-likeness (QED) is 0.867. The maximum Gasteiger partial charge on any atom is 0.325 e. The van der Waals surface area contributed by atoms with Crippen LogP contribution in [-0.4, -0.2) is 24.3 Å². The van der Waals surface area contributed by atoms with Crippen molar-refractivity contribution in [2.75, 3.05) is 7.11 Å². The van der Waals surface area contributed by atoms with Gasteiger partial charge in [-0.15, -0.1) is 0 Å². The molecule has 1 aromatic carbocycles. The Hall–Kier alpha value is -1.27. The van der Waals surface area contributed by atoms with Crippen LogP contribution in [0.1, 0.15) is 30.9 Å². The molecule has 1 unspecified atom stereocenters. The van der Waals surface area contributed by atoms with E-state index >= 15 is 0 Å². The first-order valence-corrected chi connectivity index (χ1v) is 6.84. The summed E-state index contributed by atoms with van der Waals surface area (Å²) in [6.45, 7) is 0. The van der Waals surface area contributed by atoms with E-state index in [1.54, 1.807) is 19.2 Å². The Balaban J connectivity index is 2.33. The highest BCUT2D eigenvalue weighted by Crippen LogP contribution is 2.38. The van der Waals surface area contributed by atoms with Gasteiger partial charge in [-0.2, -0.15) is 0 Å². The summed E-state index contributed by atoms with van der Waals surface area (Å²) in [5.41, 5.74) is 6.13. The van der Waals surface area contributed by atoms with Crippen molar-refractivity contribution in [2.24, 2.45) is 5.73 Å². The maximum atomic E-state index is 11.0. The van der Waals surface area contributed by atoms with Crippen LogP contribution >= 0.6 is 15.9 Å². The van der Waals surface area contributed by atoms with Gasteiger partial charge in [0, 0.05) is 4.47 Å². The molecule has 0 aliphatic heterocycles. The number of nitrogens with two attached hydrogens (primary N) is 1. The molecule has 104 valence electrons. The molecule has 2 rings (SSSR count). The zero-order chi connectivity index (χ0) is 14.0. The van der Waals surface area contributed by atoms with Gasteiger partial charge in [-0.25, -0.2) is 0 Å². The maximum absolute atomic E-state index is 11.0. The molecule has 6 heteroatoms. The third-order valence-electron chi connectivity index (χ3n) is 3.23. The number of hydrogen-bond donors (Lipinski definition) is 2. The molecule has 0 heterocycles. The molecule has 1 atom stereocenters. The van der Waals surface area contributed by atoms with Crippen LogP contribution in [-0.2, 0) is 4.79 Å². The van der Waals surface area contributed by atoms with Gasteiger partial charge in [-0.3, -0.25) is 4.79 Å². The lowest BCUT2D eigenvalue weighted by Gasteiger charge is -2.27. The van der Waals surface area contributed by atoms with Crippen molar-refractivity contribution < 1.29 is 19.4 Å². The highest BCUT2D eigenvalue weighted by atomic mass is 79.9. The van der Waals surface area contributed by atoms with Crippen molar-refractivity contribution >= 4 is 21.9 Å². The van der Waals surface area contributed by atoms with Crippen LogP contribution < -0.4 is 15.2 Å². The monoisotopic (exact) mass is 329 g/mol. The number of hydrogen-bond acceptors (Lipinski definition) is 4. The fourth-order valence-electron chi connectivity index (χ4n) is 1.84. The molecule has 0 radical (unpaired) electrons. The summed E-state index contributed by atoms with van der Waals surface area (Å²) in [7, 11) is 1.55. The van der Waals surface area contributed by atoms with Crippen LogP contribution in [0.2, 0.25) is 0 Å². The van der Waals surface area contributed by atoms with Gasteiger partial charge in [0.15, 0.2) is 11.5 Å². The zero-order valence-corrected chi connectivity index (χ0v) is 12.1. The van der Waals surface area contributed by atoms with Gasteiger partial charge in [-0.1, -0.05) is 15.9 Å². The third kappa shape index (κ3) is 3.01. The Kier molecular flexibility index (Phi) is 4.31. The summed E-state index contributed by atoms with van der Waals surface area (Å²) in [6.07, 6.45) is 3.37. The molecule has 3 N–H and O–H groups in total. The molecule has 0 amide bonds. The summed E-state index contributed by atoms with van der Waals surface area (Å²) in [6, 6.07) is 2.23. The number of halogens is 1. The summed E-state index contributed by atoms with van der Waals surface area (Å²) < 4.78 is 11.6. The van der Waals surface area contributed by atoms with Gasteiger partial charge >= 0.3 is 5.97 Å². The van der Waals surface area contributed by atoms with E-state index in [1.165, 1.54) is 0 Å². The second-order valence-corrected chi connectivity index (χ2v) is 5.37. The molecular formula is C13H16BrNO4. The standard InChI is InChI=1S/C13H16BrNO4/c1-18-10-6-9(14)8(12(15)13(16)17)5-11(10)19-7-3-2-4-7/h5-7,12H,2-4,15H2,1H3,(H,16,17). The SMILES string of the molecule is COc1cc(Br)c(C(N)C(=O)O)cc1OC1CCC1. The van der Waals surface area contributed by atoms with Crippen LogP contribution in [0.4, 0.5) is 0 Å². The largest absolute Gasteiger partial charge is 0.493 e. The molecule has 0 spiro atoms. The van der Waals surface area contributed by atoms with E-state index in [0.29, 0.717) is 21.5 Å². The average Bonchev–Trinajstić information content (AvgIpc) is 2.33. The van der Waals surface area contributed by atoms with Crippen LogP contribution in [0.3, 0.4) is 0 Å². The fourth-order valence-corrected chi connectivity index (χ4v) is 2.41. The molecule has 1 saturated carbocycles. The van der Waals surface area contributed by atoms with Crippen LogP contribution in [0.25, 0.3) is 0 Å². The predicted molar refractivity (Wildman–Crippen MR) is 73.5 cm³/mol. The molecule has 0 bridgehead atoms. The lowest BCUT2D eigenvalue weighted by molar-refractivity contribution is -0.138. The lowest BCUT2D eigenvalue weighted by atomic mass is 9.96. The van der Waals surface area contributed by atoms with E-state index in [0.717, 1.165) is 19.3 Å². The Morgan fingerprint density at radius 2 is 2.16 bits per heavy atom. The van der Waals surface area contributed by atoms with E-state index < -0.39 is 12.0 Å². The Labute approximate surface area is 119 Å². The fraction of sp³-hybridized carbons (Fsp3) is 0.462. The number of carbonyl (C=O) groups is 1. The van der Waals surface area contributed by atoms with Gasteiger partial charge in [0.25, 0.3) is 0 Å². The van der Waals surface area contributed by atoms with Gasteiger partial charge in [0.1, 0.15) is 6.04 Å². The Morgan fingerprint density at radius 3 is 2.63 bits per heavy atom. The Bertz CT molecular complexity index is 488. The second-order valence-electron chi connectivity index (χ2n) is 4.51. The van der Waals surface area contributed by atoms with E-state index in [9.17, 15) is 4.79 Å². The van der Waals surface area contributed by atoms with E-state index in [4.69, 9.17) is 20.3 Å². The molecule has 0 saturated heterocycles. The van der Waals surface area contributed by atoms with Crippen LogP contribution in [0.5, 0.6) is 11.5 Å². The van der Waals surface area contributed by atoms with Crippen molar-refractivity contribution in [3.05, 3.63) is 22.2 Å². The summed E-state index contributed by atoms with van der Waals surface area (Å²) in [4.78, 5) is 11.0. The smallest absolute Gasteiger partial charge is 0.325 e. The van der Waals surface area contributed by atoms with E-state index in [1.807, 2.05) is 0 Å². The minimum absolute atomic E-state index is 0.184. The predicted octanol–water partition coefficient (Wildman–Crippen LogP) is 2.47. The van der Waals surface area contributed by atoms with Gasteiger partial charge in [-0.05, 0) is 37.0 Å². The van der Waals surface area contributed by atoms with Crippen molar-refractivity contribution in [1.82, 2.24) is 0 Å². The molecule has 1 fully saturated rings. The van der Waals surface area contributed by atoms with E-state index in [2.05, 4.69) is 15.9 Å². The number of ether oxygens (including phenoxy) is 2. The number of benzene rings is 1. The topological polar surface area (TPSA) is 81.8 Å². The van der Waals surface area contributed by atoms with Crippen LogP contribution in [0.15, 0.2) is 16.6 Å². The van der Waals surface area contributed by atoms with Crippen molar-refractivity contribution in [3.63, 3.8) is 0 Å². The first kappa shape index (κ1) is 14.1. The molecule has 1 aromatic rings. The van der Waals surface area contributed by atoms with Gasteiger partial charge < -0.3 is 20.3 Å². The molecule has 1 aliphatic carbocycles. The van der Waals surface area contributed by atoms with Crippen molar-refractivity contribution in [3.8, 4) is 11.5 Å². The highest BCUT2D eigenvalue weighted by Gasteiger charge is 2.24. The molecule has 0 aromatic heterocycles. The average molecular weight is 330 g/mol. The summed E-state index contributed by atoms with van der Waals surface area (Å²) in [5, 5.41) is 9.00. The number of rotatable bonds is 5. The third-order valence-corrected chi connectivity index (χ3v) is 3.92. The molecule has 19 heavy (non-hydrogen) atoms. The first-order valence-electron chi connectivity index (χ1n) is 6.05.